The average molecular weight is 553 g/mol. The van der Waals surface area contributed by atoms with Crippen molar-refractivity contribution in [2.75, 3.05) is 0 Å². The molecule has 2 aliphatic rings. The molecule has 0 aliphatic heterocycles. The Kier molecular flexibility index (Phi) is 7.66. The van der Waals surface area contributed by atoms with Gasteiger partial charge in [0.05, 0.1) is 0 Å². The summed E-state index contributed by atoms with van der Waals surface area (Å²) in [6.07, 6.45) is 5.11. The van der Waals surface area contributed by atoms with E-state index < -0.39 is 15.8 Å². The van der Waals surface area contributed by atoms with Crippen LogP contribution in [-0.2, 0) is 0 Å². The van der Waals surface area contributed by atoms with Gasteiger partial charge in [-0.2, -0.15) is 0 Å². The third-order valence-electron chi connectivity index (χ3n) is 9.07. The van der Waals surface area contributed by atoms with E-state index in [1.54, 1.807) is 22.3 Å². The Morgan fingerprint density at radius 1 is 0.650 bits per heavy atom. The molecular weight excluding hydrogens is 513 g/mol. The first-order valence-electron chi connectivity index (χ1n) is 15.0. The standard InChI is InChI=1S/C38H40Si2/c1-6-39(7-2)40(37-27(5)24-35-31(22-15-23-34(35)37)28-16-9-8-10-17-28)38-32-20-12-11-18-29(32)25-36(38)33-21-14-13-19-30(33)26(3)4/h8-26,37-38H,6-7H2,1-5H3. The van der Waals surface area contributed by atoms with Crippen molar-refractivity contribution in [2.45, 2.75) is 63.7 Å². The van der Waals surface area contributed by atoms with Crippen LogP contribution in [0.5, 0.6) is 0 Å². The summed E-state index contributed by atoms with van der Waals surface area (Å²) in [6.45, 7) is 12.1. The van der Waals surface area contributed by atoms with Crippen molar-refractivity contribution < 1.29 is 0 Å². The Bertz CT molecular complexity index is 1650. The predicted octanol–water partition coefficient (Wildman–Crippen LogP) is 10.5. The van der Waals surface area contributed by atoms with Crippen molar-refractivity contribution in [2.24, 2.45) is 0 Å². The summed E-state index contributed by atoms with van der Waals surface area (Å²) < 4.78 is 0. The number of benzene rings is 4. The van der Waals surface area contributed by atoms with Crippen molar-refractivity contribution in [1.82, 2.24) is 0 Å². The first kappa shape index (κ1) is 27.0. The number of rotatable bonds is 7. The minimum absolute atomic E-state index is 0.501. The summed E-state index contributed by atoms with van der Waals surface area (Å²) >= 11 is 0. The quantitative estimate of drug-likeness (QED) is 0.200. The van der Waals surface area contributed by atoms with Crippen LogP contribution in [-0.4, -0.2) is 15.8 Å². The van der Waals surface area contributed by atoms with E-state index in [-0.39, 0.29) is 0 Å². The van der Waals surface area contributed by atoms with Gasteiger partial charge >= 0.3 is 0 Å². The van der Waals surface area contributed by atoms with Crippen molar-refractivity contribution in [3.05, 3.63) is 136 Å². The molecule has 200 valence electrons. The van der Waals surface area contributed by atoms with Crippen LogP contribution < -0.4 is 0 Å². The van der Waals surface area contributed by atoms with E-state index in [0.29, 0.717) is 17.0 Å². The highest BCUT2D eigenvalue weighted by Gasteiger charge is 2.39. The lowest BCUT2D eigenvalue weighted by molar-refractivity contribution is 0.861. The lowest BCUT2D eigenvalue weighted by atomic mass is 9.91. The van der Waals surface area contributed by atoms with Gasteiger partial charge in [0, 0.05) is 19.0 Å². The summed E-state index contributed by atoms with van der Waals surface area (Å²) in [7, 11) is -1.45. The fourth-order valence-corrected chi connectivity index (χ4v) is 19.0. The largest absolute Gasteiger partial charge is 0.0652 e. The van der Waals surface area contributed by atoms with E-state index in [0.717, 1.165) is 0 Å². The molecule has 0 amide bonds. The fraction of sp³-hybridized carbons (Fsp3) is 0.263. The maximum absolute atomic E-state index is 2.56. The smallest absolute Gasteiger partial charge is 0.0154 e. The number of hydrogen-bond donors (Lipinski definition) is 0. The van der Waals surface area contributed by atoms with Gasteiger partial charge in [-0.25, -0.2) is 0 Å². The van der Waals surface area contributed by atoms with Crippen molar-refractivity contribution >= 4 is 33.5 Å². The van der Waals surface area contributed by atoms with Crippen LogP contribution in [0.15, 0.2) is 103 Å². The van der Waals surface area contributed by atoms with Gasteiger partial charge in [-0.3, -0.25) is 0 Å². The normalized spacial score (nSPS) is 17.4. The molecule has 0 fully saturated rings. The predicted molar refractivity (Wildman–Crippen MR) is 178 cm³/mol. The van der Waals surface area contributed by atoms with Gasteiger partial charge in [-0.15, -0.1) is 0 Å². The average Bonchev–Trinajstić information content (AvgIpc) is 3.53. The molecule has 40 heavy (non-hydrogen) atoms. The molecule has 4 aromatic carbocycles. The monoisotopic (exact) mass is 552 g/mol. The third-order valence-corrected chi connectivity index (χ3v) is 20.5. The zero-order valence-corrected chi connectivity index (χ0v) is 26.5. The van der Waals surface area contributed by atoms with Gasteiger partial charge in [0.25, 0.3) is 0 Å². The van der Waals surface area contributed by atoms with Gasteiger partial charge < -0.3 is 0 Å². The number of allylic oxidation sites excluding steroid dienone is 2. The SMILES string of the molecule is CC[Si](CC)=[Si](C1C(c2ccccc2C(C)C)=Cc2ccccc21)C1C(C)=Cc2c(-c3ccccc3)cccc21. The zero-order valence-electron chi connectivity index (χ0n) is 24.5. The molecule has 2 aliphatic carbocycles. The molecule has 2 heteroatoms. The lowest BCUT2D eigenvalue weighted by Gasteiger charge is -2.31. The molecule has 0 saturated heterocycles. The molecule has 0 spiro atoms. The first-order valence-corrected chi connectivity index (χ1v) is 19.6. The van der Waals surface area contributed by atoms with Crippen LogP contribution >= 0.6 is 0 Å². The molecule has 0 aromatic heterocycles. The molecule has 6 rings (SSSR count). The Hall–Kier alpha value is -3.21. The van der Waals surface area contributed by atoms with Crippen LogP contribution in [0.3, 0.4) is 0 Å². The second-order valence-electron chi connectivity index (χ2n) is 11.7. The maximum Gasteiger partial charge on any atom is 0.0154 e. The molecule has 0 radical (unpaired) electrons. The van der Waals surface area contributed by atoms with E-state index in [4.69, 9.17) is 0 Å². The molecule has 0 nitrogen and oxygen atoms in total. The second kappa shape index (κ2) is 11.3. The Labute approximate surface area is 243 Å². The Morgan fingerprint density at radius 3 is 2.05 bits per heavy atom. The highest BCUT2D eigenvalue weighted by Crippen LogP contribution is 2.50. The van der Waals surface area contributed by atoms with E-state index in [1.807, 2.05) is 0 Å². The molecule has 2 unspecified atom stereocenters. The molecular formula is C38H40Si2. The second-order valence-corrected chi connectivity index (χ2v) is 20.2. The first-order chi connectivity index (χ1) is 19.5. The van der Waals surface area contributed by atoms with Crippen LogP contribution in [0, 0.1) is 0 Å². The minimum atomic E-state index is -0.882. The fourth-order valence-electron chi connectivity index (χ4n) is 7.22. The molecule has 0 saturated carbocycles. The Balaban J connectivity index is 1.59. The molecule has 2 atom stereocenters. The number of fused-ring (bicyclic) bond motifs is 2. The van der Waals surface area contributed by atoms with Crippen LogP contribution in [0.25, 0.3) is 28.9 Å². The van der Waals surface area contributed by atoms with E-state index in [9.17, 15) is 0 Å². The van der Waals surface area contributed by atoms with Crippen LogP contribution in [0.4, 0.5) is 0 Å². The number of hydrogen-bond acceptors (Lipinski definition) is 0. The van der Waals surface area contributed by atoms with E-state index in [1.165, 1.54) is 45.5 Å². The van der Waals surface area contributed by atoms with Crippen molar-refractivity contribution in [1.29, 1.82) is 0 Å². The summed E-state index contributed by atoms with van der Waals surface area (Å²) in [5.74, 6) is 0.501. The Morgan fingerprint density at radius 2 is 1.30 bits per heavy atom. The zero-order chi connectivity index (χ0) is 27.8. The third kappa shape index (κ3) is 4.61. The minimum Gasteiger partial charge on any atom is -0.0652 e. The maximum atomic E-state index is 2.56. The van der Waals surface area contributed by atoms with E-state index in [2.05, 4.69) is 144 Å². The van der Waals surface area contributed by atoms with Crippen LogP contribution in [0.2, 0.25) is 12.1 Å². The summed E-state index contributed by atoms with van der Waals surface area (Å²) in [5, 5.41) is 0. The highest BCUT2D eigenvalue weighted by atomic mass is 28.9. The van der Waals surface area contributed by atoms with E-state index >= 15 is 0 Å². The van der Waals surface area contributed by atoms with Gasteiger partial charge in [0.15, 0.2) is 0 Å². The summed E-state index contributed by atoms with van der Waals surface area (Å²) in [5.41, 5.74) is 16.0. The van der Waals surface area contributed by atoms with Crippen molar-refractivity contribution in [3.8, 4) is 11.1 Å². The molecule has 4 aromatic rings. The van der Waals surface area contributed by atoms with Gasteiger partial charge in [-0.1, -0.05) is 155 Å². The molecule has 0 bridgehead atoms. The summed E-state index contributed by atoms with van der Waals surface area (Å²) in [4.78, 5) is 0. The lowest BCUT2D eigenvalue weighted by Crippen LogP contribution is -2.32. The topological polar surface area (TPSA) is 0 Å². The van der Waals surface area contributed by atoms with Crippen molar-refractivity contribution in [3.63, 3.8) is 0 Å². The van der Waals surface area contributed by atoms with Gasteiger partial charge in [0.2, 0.25) is 0 Å². The van der Waals surface area contributed by atoms with Gasteiger partial charge in [-0.05, 0) is 70.8 Å². The molecule has 0 heterocycles. The summed E-state index contributed by atoms with van der Waals surface area (Å²) in [6, 6.07) is 39.3. The molecule has 0 N–H and O–H groups in total. The van der Waals surface area contributed by atoms with Gasteiger partial charge in [0.1, 0.15) is 0 Å². The highest BCUT2D eigenvalue weighted by molar-refractivity contribution is 6.99. The van der Waals surface area contributed by atoms with Crippen LogP contribution in [0.1, 0.15) is 85.0 Å².